The van der Waals surface area contributed by atoms with Gasteiger partial charge in [0.2, 0.25) is 5.16 Å². The first-order chi connectivity index (χ1) is 13.3. The quantitative estimate of drug-likeness (QED) is 0.425. The highest BCUT2D eigenvalue weighted by Crippen LogP contribution is 2.32. The van der Waals surface area contributed by atoms with Crippen molar-refractivity contribution < 1.29 is 13.2 Å². The highest BCUT2D eigenvalue weighted by Gasteiger charge is 2.30. The van der Waals surface area contributed by atoms with E-state index in [4.69, 9.17) is 0 Å². The standard InChI is InChI=1S/C18H14F3N5S2/c1-10-7-11(2)26-16(22-10)24-17(25-26)28-9-14-8-27-15(23-14)12-3-5-13(6-4-12)18(19,20)21/h3-8H,9H2,1-2H3. The summed E-state index contributed by atoms with van der Waals surface area (Å²) in [6.07, 6.45) is -4.34. The van der Waals surface area contributed by atoms with Gasteiger partial charge >= 0.3 is 6.18 Å². The fourth-order valence-electron chi connectivity index (χ4n) is 2.66. The molecular formula is C18H14F3N5S2. The van der Waals surface area contributed by atoms with E-state index in [0.717, 1.165) is 29.2 Å². The van der Waals surface area contributed by atoms with Gasteiger partial charge in [-0.15, -0.1) is 16.4 Å². The molecule has 0 N–H and O–H groups in total. The predicted molar refractivity (Wildman–Crippen MR) is 102 cm³/mol. The zero-order valence-electron chi connectivity index (χ0n) is 14.9. The molecule has 0 spiro atoms. The Balaban J connectivity index is 1.47. The maximum Gasteiger partial charge on any atom is 0.416 e. The zero-order valence-corrected chi connectivity index (χ0v) is 16.5. The Kier molecular flexibility index (Phi) is 4.84. The summed E-state index contributed by atoms with van der Waals surface area (Å²) in [6, 6.07) is 6.97. The number of alkyl halides is 3. The number of hydrogen-bond donors (Lipinski definition) is 0. The third kappa shape index (κ3) is 3.88. The van der Waals surface area contributed by atoms with Crippen LogP contribution >= 0.6 is 23.1 Å². The lowest BCUT2D eigenvalue weighted by Crippen LogP contribution is -2.03. The van der Waals surface area contributed by atoms with E-state index in [1.54, 1.807) is 4.52 Å². The van der Waals surface area contributed by atoms with Gasteiger partial charge in [0.1, 0.15) is 5.01 Å². The summed E-state index contributed by atoms with van der Waals surface area (Å²) in [5.41, 5.74) is 2.66. The van der Waals surface area contributed by atoms with Crippen molar-refractivity contribution in [2.24, 2.45) is 0 Å². The van der Waals surface area contributed by atoms with Gasteiger partial charge in [0.25, 0.3) is 5.78 Å². The molecular weight excluding hydrogens is 407 g/mol. The normalized spacial score (nSPS) is 12.0. The SMILES string of the molecule is Cc1cc(C)n2nc(SCc3csc(-c4ccc(C(F)(F)F)cc4)n3)nc2n1. The maximum atomic E-state index is 12.7. The average molecular weight is 421 g/mol. The average Bonchev–Trinajstić information content (AvgIpc) is 3.26. The number of hydrogen-bond acceptors (Lipinski definition) is 6. The van der Waals surface area contributed by atoms with Crippen LogP contribution in [0.1, 0.15) is 22.6 Å². The van der Waals surface area contributed by atoms with Gasteiger partial charge in [-0.1, -0.05) is 23.9 Å². The number of rotatable bonds is 4. The van der Waals surface area contributed by atoms with Gasteiger partial charge in [-0.2, -0.15) is 18.2 Å². The van der Waals surface area contributed by atoms with Gasteiger partial charge in [-0.3, -0.25) is 0 Å². The summed E-state index contributed by atoms with van der Waals surface area (Å²) in [6.45, 7) is 3.86. The predicted octanol–water partition coefficient (Wildman–Crippen LogP) is 5.18. The molecule has 1 aromatic carbocycles. The van der Waals surface area contributed by atoms with Crippen LogP contribution in [0.2, 0.25) is 0 Å². The second-order valence-corrected chi connectivity index (χ2v) is 7.95. The van der Waals surface area contributed by atoms with Crippen LogP contribution in [0.4, 0.5) is 13.2 Å². The molecule has 28 heavy (non-hydrogen) atoms. The number of halogens is 3. The monoisotopic (exact) mass is 421 g/mol. The van der Waals surface area contributed by atoms with Crippen molar-refractivity contribution >= 4 is 28.9 Å². The first-order valence-electron chi connectivity index (χ1n) is 8.25. The molecule has 4 aromatic rings. The summed E-state index contributed by atoms with van der Waals surface area (Å²) < 4.78 is 39.7. The first kappa shape index (κ1) is 18.9. The molecule has 5 nitrogen and oxygen atoms in total. The van der Waals surface area contributed by atoms with Gasteiger partial charge in [-0.05, 0) is 32.0 Å². The largest absolute Gasteiger partial charge is 0.416 e. The lowest BCUT2D eigenvalue weighted by atomic mass is 10.1. The van der Waals surface area contributed by atoms with Crippen LogP contribution in [0, 0.1) is 13.8 Å². The Morgan fingerprint density at radius 1 is 1.07 bits per heavy atom. The summed E-state index contributed by atoms with van der Waals surface area (Å²) in [4.78, 5) is 13.3. The lowest BCUT2D eigenvalue weighted by molar-refractivity contribution is -0.137. The molecule has 0 bridgehead atoms. The molecule has 0 radical (unpaired) electrons. The van der Waals surface area contributed by atoms with E-state index in [9.17, 15) is 13.2 Å². The molecule has 144 valence electrons. The van der Waals surface area contributed by atoms with Crippen molar-refractivity contribution in [3.05, 3.63) is 58.4 Å². The van der Waals surface area contributed by atoms with Crippen molar-refractivity contribution in [1.82, 2.24) is 24.6 Å². The smallest absolute Gasteiger partial charge is 0.240 e. The lowest BCUT2D eigenvalue weighted by Gasteiger charge is -2.06. The summed E-state index contributed by atoms with van der Waals surface area (Å²) in [5, 5.41) is 7.62. The van der Waals surface area contributed by atoms with Gasteiger partial charge in [0, 0.05) is 28.1 Å². The minimum Gasteiger partial charge on any atom is -0.240 e. The number of thiazole rings is 1. The molecule has 3 heterocycles. The van der Waals surface area contributed by atoms with E-state index in [-0.39, 0.29) is 0 Å². The molecule has 0 saturated carbocycles. The number of thioether (sulfide) groups is 1. The van der Waals surface area contributed by atoms with Crippen molar-refractivity contribution in [3.63, 3.8) is 0 Å². The third-order valence-corrected chi connectivity index (χ3v) is 5.77. The van der Waals surface area contributed by atoms with Crippen LogP contribution in [-0.4, -0.2) is 24.6 Å². The van der Waals surface area contributed by atoms with E-state index in [1.165, 1.54) is 35.2 Å². The number of aromatic nitrogens is 5. The van der Waals surface area contributed by atoms with E-state index < -0.39 is 11.7 Å². The van der Waals surface area contributed by atoms with Crippen LogP contribution in [0.15, 0.2) is 40.9 Å². The summed E-state index contributed by atoms with van der Waals surface area (Å²) in [7, 11) is 0. The Morgan fingerprint density at radius 2 is 1.82 bits per heavy atom. The summed E-state index contributed by atoms with van der Waals surface area (Å²) in [5.74, 6) is 1.12. The summed E-state index contributed by atoms with van der Waals surface area (Å²) >= 11 is 2.84. The minimum atomic E-state index is -4.34. The molecule has 0 unspecified atom stereocenters. The van der Waals surface area contributed by atoms with Crippen LogP contribution in [0.3, 0.4) is 0 Å². The highest BCUT2D eigenvalue weighted by molar-refractivity contribution is 7.98. The number of fused-ring (bicyclic) bond motifs is 1. The van der Waals surface area contributed by atoms with E-state index >= 15 is 0 Å². The van der Waals surface area contributed by atoms with Crippen LogP contribution in [0.5, 0.6) is 0 Å². The topological polar surface area (TPSA) is 56.0 Å². The fourth-order valence-corrected chi connectivity index (χ4v) is 4.30. The van der Waals surface area contributed by atoms with Gasteiger partial charge < -0.3 is 0 Å². The van der Waals surface area contributed by atoms with E-state index in [2.05, 4.69) is 20.1 Å². The molecule has 0 amide bonds. The number of nitrogens with zero attached hydrogens (tertiary/aromatic N) is 5. The Morgan fingerprint density at radius 3 is 2.54 bits per heavy atom. The van der Waals surface area contributed by atoms with Crippen LogP contribution in [0.25, 0.3) is 16.3 Å². The third-order valence-electron chi connectivity index (χ3n) is 3.96. The fraction of sp³-hybridized carbons (Fsp3) is 0.222. The van der Waals surface area contributed by atoms with Crippen molar-refractivity contribution in [1.29, 1.82) is 0 Å². The van der Waals surface area contributed by atoms with E-state index in [0.29, 0.717) is 27.3 Å². The molecule has 0 atom stereocenters. The molecule has 0 aliphatic heterocycles. The molecule has 0 aliphatic rings. The van der Waals surface area contributed by atoms with Crippen LogP contribution < -0.4 is 0 Å². The second kappa shape index (κ2) is 7.17. The maximum absolute atomic E-state index is 12.7. The molecule has 3 aromatic heterocycles. The molecule has 0 aliphatic carbocycles. The molecule has 4 rings (SSSR count). The van der Waals surface area contributed by atoms with Crippen molar-refractivity contribution in [3.8, 4) is 10.6 Å². The highest BCUT2D eigenvalue weighted by atomic mass is 32.2. The van der Waals surface area contributed by atoms with E-state index in [1.807, 2.05) is 25.3 Å². The minimum absolute atomic E-state index is 0.559. The molecule has 0 fully saturated rings. The Bertz CT molecular complexity index is 1130. The van der Waals surface area contributed by atoms with Gasteiger partial charge in [0.05, 0.1) is 11.3 Å². The first-order valence-corrected chi connectivity index (χ1v) is 10.1. The van der Waals surface area contributed by atoms with Crippen molar-refractivity contribution in [2.45, 2.75) is 30.9 Å². The van der Waals surface area contributed by atoms with Crippen molar-refractivity contribution in [2.75, 3.05) is 0 Å². The van der Waals surface area contributed by atoms with Gasteiger partial charge in [-0.25, -0.2) is 14.5 Å². The van der Waals surface area contributed by atoms with Crippen LogP contribution in [-0.2, 0) is 11.9 Å². The zero-order chi connectivity index (χ0) is 19.9. The molecule has 10 heteroatoms. The Hall–Kier alpha value is -2.46. The molecule has 0 saturated heterocycles. The Labute approximate surface area is 166 Å². The second-order valence-electron chi connectivity index (χ2n) is 6.15. The number of benzene rings is 1. The van der Waals surface area contributed by atoms with Gasteiger partial charge in [0.15, 0.2) is 0 Å². The number of aryl methyl sites for hydroxylation is 2.